The van der Waals surface area contributed by atoms with Crippen molar-refractivity contribution in [2.24, 2.45) is 0 Å². The van der Waals surface area contributed by atoms with Crippen molar-refractivity contribution in [3.05, 3.63) is 71.5 Å². The Bertz CT molecular complexity index is 806. The minimum absolute atomic E-state index is 0.321. The number of esters is 1. The smallest absolute Gasteiger partial charge is 0.340 e. The summed E-state index contributed by atoms with van der Waals surface area (Å²) in [4.78, 5) is 11.8. The summed E-state index contributed by atoms with van der Waals surface area (Å²) in [6.45, 7) is 2.40. The van der Waals surface area contributed by atoms with Gasteiger partial charge < -0.3 is 13.9 Å². The Labute approximate surface area is 128 Å². The molecule has 0 unspecified atom stereocenters. The number of benzene rings is 1. The number of nitrogens with zero attached hydrogens (tertiary/aromatic N) is 1. The van der Waals surface area contributed by atoms with Crippen LogP contribution in [0.25, 0.3) is 5.52 Å². The molecule has 2 aromatic heterocycles. The predicted octanol–water partition coefficient (Wildman–Crippen LogP) is 3.61. The number of methoxy groups -OCH3 is 1. The molecule has 0 aliphatic rings. The zero-order valence-corrected chi connectivity index (χ0v) is 12.6. The lowest BCUT2D eigenvalue weighted by Gasteiger charge is -2.07. The van der Waals surface area contributed by atoms with Gasteiger partial charge in [-0.2, -0.15) is 0 Å². The van der Waals surface area contributed by atoms with Crippen LogP contribution in [0.4, 0.5) is 0 Å². The number of pyridine rings is 1. The second-order valence-corrected chi connectivity index (χ2v) is 5.11. The Hall–Kier alpha value is -2.75. The van der Waals surface area contributed by atoms with Gasteiger partial charge in [0.15, 0.2) is 0 Å². The second-order valence-electron chi connectivity index (χ2n) is 5.11. The Morgan fingerprint density at radius 3 is 2.59 bits per heavy atom. The first-order valence-electron chi connectivity index (χ1n) is 7.05. The Morgan fingerprint density at radius 1 is 1.09 bits per heavy atom. The van der Waals surface area contributed by atoms with Crippen LogP contribution in [0.5, 0.6) is 5.75 Å². The highest BCUT2D eigenvalue weighted by Crippen LogP contribution is 2.22. The van der Waals surface area contributed by atoms with Crippen LogP contribution in [0.2, 0.25) is 0 Å². The third kappa shape index (κ3) is 2.68. The summed E-state index contributed by atoms with van der Waals surface area (Å²) in [6.07, 6.45) is 3.77. The van der Waals surface area contributed by atoms with Crippen LogP contribution in [0.15, 0.2) is 54.9 Å². The van der Waals surface area contributed by atoms with E-state index >= 15 is 0 Å². The van der Waals surface area contributed by atoms with E-state index in [0.29, 0.717) is 12.2 Å². The first-order valence-corrected chi connectivity index (χ1v) is 7.05. The summed E-state index contributed by atoms with van der Waals surface area (Å²) in [5.74, 6) is 0.431. The lowest BCUT2D eigenvalue weighted by atomic mass is 10.2. The molecular weight excluding hydrogens is 278 g/mol. The summed E-state index contributed by atoms with van der Waals surface area (Å²) in [6, 6.07) is 13.7. The van der Waals surface area contributed by atoms with Gasteiger partial charge in [0.25, 0.3) is 0 Å². The van der Waals surface area contributed by atoms with Crippen molar-refractivity contribution in [1.29, 1.82) is 0 Å². The van der Waals surface area contributed by atoms with Crippen molar-refractivity contribution in [2.45, 2.75) is 13.5 Å². The lowest BCUT2D eigenvalue weighted by molar-refractivity contribution is 0.0602. The maximum Gasteiger partial charge on any atom is 0.340 e. The summed E-state index contributed by atoms with van der Waals surface area (Å²) >= 11 is 0. The van der Waals surface area contributed by atoms with Gasteiger partial charge in [0.1, 0.15) is 12.4 Å². The summed E-state index contributed by atoms with van der Waals surface area (Å²) in [5, 5.41) is 0. The molecule has 3 aromatic rings. The summed E-state index contributed by atoms with van der Waals surface area (Å²) in [7, 11) is 1.39. The van der Waals surface area contributed by atoms with E-state index in [1.54, 1.807) is 0 Å². The number of rotatable bonds is 4. The highest BCUT2D eigenvalue weighted by molar-refractivity contribution is 5.99. The number of ether oxygens (including phenoxy) is 2. The average molecular weight is 295 g/mol. The molecule has 0 spiro atoms. The number of hydrogen-bond acceptors (Lipinski definition) is 3. The highest BCUT2D eigenvalue weighted by atomic mass is 16.5. The molecule has 0 saturated heterocycles. The first kappa shape index (κ1) is 14.2. The van der Waals surface area contributed by atoms with Gasteiger partial charge in [-0.05, 0) is 30.2 Å². The minimum atomic E-state index is -0.321. The van der Waals surface area contributed by atoms with Gasteiger partial charge in [0.05, 0.1) is 24.4 Å². The number of fused-ring (bicyclic) bond motifs is 1. The molecule has 2 heterocycles. The molecule has 0 bridgehead atoms. The first-order chi connectivity index (χ1) is 10.7. The van der Waals surface area contributed by atoms with Crippen molar-refractivity contribution < 1.29 is 14.3 Å². The molecule has 0 aliphatic heterocycles. The molecule has 0 fully saturated rings. The van der Waals surface area contributed by atoms with Crippen molar-refractivity contribution in [3.63, 3.8) is 0 Å². The number of hydrogen-bond donors (Lipinski definition) is 0. The third-order valence-corrected chi connectivity index (χ3v) is 3.57. The standard InChI is InChI=1S/C18H17NO3/c1-13-10-19-11-15(22-12-14-6-4-3-5-7-14)8-9-16(19)17(13)18(20)21-2/h3-11H,12H2,1-2H3. The van der Waals surface area contributed by atoms with Crippen molar-refractivity contribution >= 4 is 11.5 Å². The van der Waals surface area contributed by atoms with E-state index in [9.17, 15) is 4.79 Å². The maximum atomic E-state index is 11.8. The van der Waals surface area contributed by atoms with E-state index in [1.165, 1.54) is 7.11 Å². The van der Waals surface area contributed by atoms with Crippen LogP contribution >= 0.6 is 0 Å². The Morgan fingerprint density at radius 2 is 1.86 bits per heavy atom. The molecule has 4 nitrogen and oxygen atoms in total. The molecule has 0 radical (unpaired) electrons. The van der Waals surface area contributed by atoms with E-state index in [2.05, 4.69) is 0 Å². The molecule has 0 N–H and O–H groups in total. The SMILES string of the molecule is COC(=O)c1c(C)cn2cc(OCc3ccccc3)ccc12. The van der Waals surface area contributed by atoms with Crippen LogP contribution < -0.4 is 4.74 Å². The fraction of sp³-hybridized carbons (Fsp3) is 0.167. The summed E-state index contributed by atoms with van der Waals surface area (Å²) < 4.78 is 12.5. The largest absolute Gasteiger partial charge is 0.487 e. The van der Waals surface area contributed by atoms with Crippen molar-refractivity contribution in [2.75, 3.05) is 7.11 Å². The average Bonchev–Trinajstić information content (AvgIpc) is 2.88. The molecule has 1 aromatic carbocycles. The number of aromatic nitrogens is 1. The molecule has 112 valence electrons. The van der Waals surface area contributed by atoms with E-state index in [0.717, 1.165) is 22.4 Å². The number of carbonyl (C=O) groups excluding carboxylic acids is 1. The van der Waals surface area contributed by atoms with Crippen LogP contribution in [-0.2, 0) is 11.3 Å². The van der Waals surface area contributed by atoms with E-state index in [1.807, 2.05) is 66.2 Å². The van der Waals surface area contributed by atoms with Gasteiger partial charge in [0, 0.05) is 6.20 Å². The third-order valence-electron chi connectivity index (χ3n) is 3.57. The van der Waals surface area contributed by atoms with E-state index in [-0.39, 0.29) is 5.97 Å². The van der Waals surface area contributed by atoms with Crippen LogP contribution in [0, 0.1) is 6.92 Å². The quantitative estimate of drug-likeness (QED) is 0.690. The van der Waals surface area contributed by atoms with Gasteiger partial charge in [-0.3, -0.25) is 0 Å². The number of carbonyl (C=O) groups is 1. The van der Waals surface area contributed by atoms with Gasteiger partial charge in [-0.1, -0.05) is 30.3 Å². The monoisotopic (exact) mass is 295 g/mol. The highest BCUT2D eigenvalue weighted by Gasteiger charge is 2.16. The van der Waals surface area contributed by atoms with Gasteiger partial charge in [0.2, 0.25) is 0 Å². The normalized spacial score (nSPS) is 10.6. The zero-order chi connectivity index (χ0) is 15.5. The topological polar surface area (TPSA) is 39.9 Å². The lowest BCUT2D eigenvalue weighted by Crippen LogP contribution is -2.02. The zero-order valence-electron chi connectivity index (χ0n) is 12.6. The second kappa shape index (κ2) is 5.93. The molecule has 0 amide bonds. The Kier molecular flexibility index (Phi) is 3.83. The van der Waals surface area contributed by atoms with Gasteiger partial charge in [-0.25, -0.2) is 4.79 Å². The molecule has 0 atom stereocenters. The minimum Gasteiger partial charge on any atom is -0.487 e. The predicted molar refractivity (Wildman–Crippen MR) is 84.2 cm³/mol. The molecular formula is C18H17NO3. The summed E-state index contributed by atoms with van der Waals surface area (Å²) in [5.41, 5.74) is 3.40. The van der Waals surface area contributed by atoms with Gasteiger partial charge in [-0.15, -0.1) is 0 Å². The van der Waals surface area contributed by atoms with Crippen LogP contribution in [0.1, 0.15) is 21.5 Å². The molecule has 3 rings (SSSR count). The maximum absolute atomic E-state index is 11.8. The number of aryl methyl sites for hydroxylation is 1. The molecule has 0 saturated carbocycles. The van der Waals surface area contributed by atoms with E-state index in [4.69, 9.17) is 9.47 Å². The van der Waals surface area contributed by atoms with Crippen LogP contribution in [-0.4, -0.2) is 17.5 Å². The molecule has 4 heteroatoms. The van der Waals surface area contributed by atoms with Crippen LogP contribution in [0.3, 0.4) is 0 Å². The van der Waals surface area contributed by atoms with Crippen molar-refractivity contribution in [3.8, 4) is 5.75 Å². The fourth-order valence-corrected chi connectivity index (χ4v) is 2.49. The fourth-order valence-electron chi connectivity index (χ4n) is 2.49. The Balaban J connectivity index is 1.86. The molecule has 0 aliphatic carbocycles. The van der Waals surface area contributed by atoms with Gasteiger partial charge >= 0.3 is 5.97 Å². The van der Waals surface area contributed by atoms with E-state index < -0.39 is 0 Å². The molecule has 22 heavy (non-hydrogen) atoms. The van der Waals surface area contributed by atoms with Crippen molar-refractivity contribution in [1.82, 2.24) is 4.40 Å².